The highest BCUT2D eigenvalue weighted by Crippen LogP contribution is 2.31. The summed E-state index contributed by atoms with van der Waals surface area (Å²) in [4.78, 5) is 12.4. The lowest BCUT2D eigenvalue weighted by Gasteiger charge is -2.40. The summed E-state index contributed by atoms with van der Waals surface area (Å²) in [6.45, 7) is 8.23. The van der Waals surface area contributed by atoms with Gasteiger partial charge in [0.25, 0.3) is 5.91 Å². The minimum atomic E-state index is -0.103. The van der Waals surface area contributed by atoms with Gasteiger partial charge < -0.3 is 14.8 Å². The zero-order chi connectivity index (χ0) is 15.0. The molecule has 0 aromatic carbocycles. The maximum absolute atomic E-state index is 12.4. The number of fused-ring (bicyclic) bond motifs is 1. The minimum Gasteiger partial charge on any atom is -0.380 e. The molecule has 6 heteroatoms. The Balaban J connectivity index is 1.71. The molecule has 116 valence electrons. The number of amides is 1. The van der Waals surface area contributed by atoms with Crippen LogP contribution in [0.2, 0.25) is 0 Å². The van der Waals surface area contributed by atoms with Gasteiger partial charge in [0.1, 0.15) is 0 Å². The zero-order valence-corrected chi connectivity index (χ0v) is 12.9. The first-order valence-corrected chi connectivity index (χ1v) is 7.63. The Morgan fingerprint density at radius 2 is 2.24 bits per heavy atom. The number of nitrogens with zero attached hydrogens (tertiary/aromatic N) is 1. The number of hydrogen-bond donors (Lipinski definition) is 2. The fraction of sp³-hybridized carbons (Fsp3) is 0.733. The number of rotatable bonds is 4. The largest absolute Gasteiger partial charge is 0.380 e. The van der Waals surface area contributed by atoms with Gasteiger partial charge in [-0.2, -0.15) is 5.10 Å². The van der Waals surface area contributed by atoms with E-state index in [0.717, 1.165) is 37.3 Å². The first kappa shape index (κ1) is 14.5. The average molecular weight is 293 g/mol. The molecule has 0 spiro atoms. The quantitative estimate of drug-likeness (QED) is 0.884. The maximum Gasteiger partial charge on any atom is 0.272 e. The summed E-state index contributed by atoms with van der Waals surface area (Å²) >= 11 is 0. The van der Waals surface area contributed by atoms with E-state index in [9.17, 15) is 4.79 Å². The van der Waals surface area contributed by atoms with Crippen molar-refractivity contribution >= 4 is 5.91 Å². The van der Waals surface area contributed by atoms with E-state index in [4.69, 9.17) is 9.47 Å². The van der Waals surface area contributed by atoms with Gasteiger partial charge in [0.15, 0.2) is 5.69 Å². The third kappa shape index (κ3) is 2.58. The van der Waals surface area contributed by atoms with E-state index in [1.165, 1.54) is 0 Å². The van der Waals surface area contributed by atoms with E-state index < -0.39 is 0 Å². The van der Waals surface area contributed by atoms with E-state index in [1.807, 2.05) is 13.8 Å². The van der Waals surface area contributed by atoms with Gasteiger partial charge >= 0.3 is 0 Å². The molecule has 6 nitrogen and oxygen atoms in total. The molecule has 2 atom stereocenters. The first-order valence-electron chi connectivity index (χ1n) is 7.63. The smallest absolute Gasteiger partial charge is 0.272 e. The Morgan fingerprint density at radius 3 is 2.86 bits per heavy atom. The summed E-state index contributed by atoms with van der Waals surface area (Å²) in [5.74, 6) is -0.103. The van der Waals surface area contributed by atoms with Crippen LogP contribution in [0.25, 0.3) is 0 Å². The summed E-state index contributed by atoms with van der Waals surface area (Å²) in [5, 5.41) is 10.2. The normalized spacial score (nSPS) is 26.8. The summed E-state index contributed by atoms with van der Waals surface area (Å²) in [6, 6.07) is 0. The molecule has 21 heavy (non-hydrogen) atoms. The molecular weight excluding hydrogens is 270 g/mol. The number of aromatic nitrogens is 2. The number of H-pyrrole nitrogens is 1. The van der Waals surface area contributed by atoms with Crippen LogP contribution in [0.4, 0.5) is 0 Å². The Labute approximate surface area is 124 Å². The molecule has 3 heterocycles. The Morgan fingerprint density at radius 1 is 1.48 bits per heavy atom. The molecule has 0 bridgehead atoms. The topological polar surface area (TPSA) is 76.2 Å². The van der Waals surface area contributed by atoms with Gasteiger partial charge in [-0.05, 0) is 20.3 Å². The predicted molar refractivity (Wildman–Crippen MR) is 77.1 cm³/mol. The third-order valence-electron chi connectivity index (χ3n) is 4.64. The second kappa shape index (κ2) is 5.42. The van der Waals surface area contributed by atoms with Gasteiger partial charge in [-0.1, -0.05) is 6.92 Å². The van der Waals surface area contributed by atoms with Crippen molar-refractivity contribution < 1.29 is 14.3 Å². The molecule has 2 N–H and O–H groups in total. The second-order valence-corrected chi connectivity index (χ2v) is 6.29. The van der Waals surface area contributed by atoms with Gasteiger partial charge in [-0.3, -0.25) is 9.89 Å². The zero-order valence-electron chi connectivity index (χ0n) is 12.9. The summed E-state index contributed by atoms with van der Waals surface area (Å²) < 4.78 is 11.0. The SMILES string of the molecule is CCC1(CNC(=O)c2n[nH]c3c2C[C@H](C)O[C@@H]3C)COC1. The van der Waals surface area contributed by atoms with Crippen LogP contribution in [0.5, 0.6) is 0 Å². The van der Waals surface area contributed by atoms with Gasteiger partial charge in [-0.25, -0.2) is 0 Å². The van der Waals surface area contributed by atoms with Crippen molar-refractivity contribution in [1.82, 2.24) is 15.5 Å². The molecule has 1 amide bonds. The average Bonchev–Trinajstić information content (AvgIpc) is 2.81. The molecule has 0 radical (unpaired) electrons. The number of nitrogens with one attached hydrogen (secondary N) is 2. The van der Waals surface area contributed by atoms with E-state index in [0.29, 0.717) is 12.2 Å². The van der Waals surface area contributed by atoms with Gasteiger partial charge in [0, 0.05) is 23.9 Å². The summed E-state index contributed by atoms with van der Waals surface area (Å²) in [6.07, 6.45) is 1.80. The van der Waals surface area contributed by atoms with E-state index in [1.54, 1.807) is 0 Å². The Kier molecular flexibility index (Phi) is 3.75. The van der Waals surface area contributed by atoms with Crippen LogP contribution in [-0.4, -0.2) is 42.0 Å². The third-order valence-corrected chi connectivity index (χ3v) is 4.64. The van der Waals surface area contributed by atoms with Crippen molar-refractivity contribution in [2.24, 2.45) is 5.41 Å². The Bertz CT molecular complexity index is 531. The standard InChI is InChI=1S/C15H23N3O3/c1-4-15(7-20-8-15)6-16-14(19)13-11-5-9(2)21-10(3)12(11)17-18-13/h9-10H,4-8H2,1-3H3,(H,16,19)(H,17,18)/t9-,10+/m0/s1. The minimum absolute atomic E-state index is 0.0418. The van der Waals surface area contributed by atoms with Crippen molar-refractivity contribution in [3.8, 4) is 0 Å². The summed E-state index contributed by atoms with van der Waals surface area (Å²) in [7, 11) is 0. The molecule has 0 saturated carbocycles. The van der Waals surface area contributed by atoms with Crippen LogP contribution in [0, 0.1) is 5.41 Å². The van der Waals surface area contributed by atoms with Crippen LogP contribution < -0.4 is 5.32 Å². The number of carbonyl (C=O) groups is 1. The van der Waals surface area contributed by atoms with Crippen LogP contribution in [0.3, 0.4) is 0 Å². The van der Waals surface area contributed by atoms with Crippen LogP contribution >= 0.6 is 0 Å². The number of carbonyl (C=O) groups excluding carboxylic acids is 1. The fourth-order valence-corrected chi connectivity index (χ4v) is 3.03. The van der Waals surface area contributed by atoms with E-state index in [2.05, 4.69) is 22.4 Å². The molecule has 0 aliphatic carbocycles. The fourth-order valence-electron chi connectivity index (χ4n) is 3.03. The van der Waals surface area contributed by atoms with Gasteiger partial charge in [0.05, 0.1) is 31.1 Å². The lowest BCUT2D eigenvalue weighted by Crippen LogP contribution is -2.50. The molecule has 3 rings (SSSR count). The van der Waals surface area contributed by atoms with Crippen LogP contribution in [0.1, 0.15) is 55.0 Å². The van der Waals surface area contributed by atoms with Crippen molar-refractivity contribution in [1.29, 1.82) is 0 Å². The maximum atomic E-state index is 12.4. The van der Waals surface area contributed by atoms with E-state index >= 15 is 0 Å². The van der Waals surface area contributed by atoms with Crippen molar-refractivity contribution in [2.45, 2.75) is 45.8 Å². The molecule has 1 saturated heterocycles. The summed E-state index contributed by atoms with van der Waals surface area (Å²) in [5.41, 5.74) is 2.54. The van der Waals surface area contributed by atoms with Crippen molar-refractivity contribution in [3.63, 3.8) is 0 Å². The first-order chi connectivity index (χ1) is 10.0. The Hall–Kier alpha value is -1.40. The molecule has 1 aromatic rings. The highest BCUT2D eigenvalue weighted by molar-refractivity contribution is 5.94. The van der Waals surface area contributed by atoms with Crippen LogP contribution in [0.15, 0.2) is 0 Å². The molecule has 1 aromatic heterocycles. The number of aromatic amines is 1. The highest BCUT2D eigenvalue weighted by Gasteiger charge is 2.37. The molecule has 0 unspecified atom stereocenters. The van der Waals surface area contributed by atoms with Gasteiger partial charge in [-0.15, -0.1) is 0 Å². The van der Waals surface area contributed by atoms with Crippen molar-refractivity contribution in [2.75, 3.05) is 19.8 Å². The second-order valence-electron chi connectivity index (χ2n) is 6.29. The lowest BCUT2D eigenvalue weighted by atomic mass is 9.83. The number of hydrogen-bond acceptors (Lipinski definition) is 4. The predicted octanol–water partition coefficient (Wildman–Crippen LogP) is 1.59. The highest BCUT2D eigenvalue weighted by atomic mass is 16.5. The van der Waals surface area contributed by atoms with Crippen LogP contribution in [-0.2, 0) is 15.9 Å². The van der Waals surface area contributed by atoms with Gasteiger partial charge in [0.2, 0.25) is 0 Å². The number of ether oxygens (including phenoxy) is 2. The monoisotopic (exact) mass is 293 g/mol. The molecular formula is C15H23N3O3. The lowest BCUT2D eigenvalue weighted by molar-refractivity contribution is -0.111. The molecule has 2 aliphatic rings. The van der Waals surface area contributed by atoms with Crippen molar-refractivity contribution in [3.05, 3.63) is 17.0 Å². The molecule has 2 aliphatic heterocycles. The van der Waals surface area contributed by atoms with E-state index in [-0.39, 0.29) is 23.5 Å². The molecule has 1 fully saturated rings.